The lowest BCUT2D eigenvalue weighted by Crippen LogP contribution is -2.50. The van der Waals surface area contributed by atoms with E-state index in [1.807, 2.05) is 12.1 Å². The number of hydrogen-bond acceptors (Lipinski definition) is 7. The molecule has 2 saturated heterocycles. The zero-order valence-electron chi connectivity index (χ0n) is 23.3. The number of carbonyl (C=O) groups excluding carboxylic acids is 1. The van der Waals surface area contributed by atoms with E-state index in [9.17, 15) is 19.5 Å². The van der Waals surface area contributed by atoms with E-state index in [4.69, 9.17) is 10.6 Å². The molecule has 10 nitrogen and oxygen atoms in total. The van der Waals surface area contributed by atoms with Crippen molar-refractivity contribution in [3.05, 3.63) is 40.3 Å². The van der Waals surface area contributed by atoms with Crippen molar-refractivity contribution < 1.29 is 19.5 Å². The SMILES string of the molecule is C1CC2CCCC(C1)C2.CC(O/N=C(\C(=O)O)c1nc2ccccc2n(C2CC3CCCC(C2)N3)c1=O)C(N)=O. The highest BCUT2D eigenvalue weighted by atomic mass is 16.6. The van der Waals surface area contributed by atoms with Crippen LogP contribution in [0.5, 0.6) is 0 Å². The summed E-state index contributed by atoms with van der Waals surface area (Å²) in [6.07, 6.45) is 14.5. The van der Waals surface area contributed by atoms with Crippen LogP contribution in [0.4, 0.5) is 0 Å². The second kappa shape index (κ2) is 12.5. The molecular formula is C30H41N5O5. The molecule has 10 heteroatoms. The summed E-state index contributed by atoms with van der Waals surface area (Å²) in [7, 11) is 0. The van der Waals surface area contributed by atoms with Crippen LogP contribution < -0.4 is 16.6 Å². The predicted octanol–water partition coefficient (Wildman–Crippen LogP) is 3.90. The van der Waals surface area contributed by atoms with Gasteiger partial charge >= 0.3 is 5.97 Å². The summed E-state index contributed by atoms with van der Waals surface area (Å²) in [6.45, 7) is 1.34. The first kappa shape index (κ1) is 28.3. The Morgan fingerprint density at radius 2 is 1.62 bits per heavy atom. The number of fused-ring (bicyclic) bond motifs is 5. The first-order valence-electron chi connectivity index (χ1n) is 14.8. The van der Waals surface area contributed by atoms with Crippen LogP contribution in [0.1, 0.15) is 95.7 Å². The summed E-state index contributed by atoms with van der Waals surface area (Å²) < 4.78 is 1.65. The number of oxime groups is 1. The maximum Gasteiger partial charge on any atom is 0.360 e. The number of carboxylic acid groups (broad SMARTS) is 1. The normalized spacial score (nSPS) is 28.6. The Bertz CT molecular complexity index is 1290. The number of primary amides is 1. The lowest BCUT2D eigenvalue weighted by Gasteiger charge is -2.41. The first-order chi connectivity index (χ1) is 19.3. The number of nitrogens with zero attached hydrogens (tertiary/aromatic N) is 3. The van der Waals surface area contributed by atoms with E-state index < -0.39 is 29.3 Å². The zero-order chi connectivity index (χ0) is 28.2. The second-order valence-corrected chi connectivity index (χ2v) is 12.0. The third-order valence-corrected chi connectivity index (χ3v) is 9.10. The number of carboxylic acids is 1. The van der Waals surface area contributed by atoms with Crippen LogP contribution in [0.15, 0.2) is 34.2 Å². The van der Waals surface area contributed by atoms with Crippen molar-refractivity contribution in [2.45, 2.75) is 108 Å². The molecule has 4 N–H and O–H groups in total. The molecule has 0 spiro atoms. The third-order valence-electron chi connectivity index (χ3n) is 9.10. The minimum absolute atomic E-state index is 0.0868. The number of amides is 1. The van der Waals surface area contributed by atoms with Crippen molar-refractivity contribution in [2.24, 2.45) is 22.7 Å². The van der Waals surface area contributed by atoms with Gasteiger partial charge in [-0.2, -0.15) is 0 Å². The van der Waals surface area contributed by atoms with Crippen molar-refractivity contribution in [3.63, 3.8) is 0 Å². The summed E-state index contributed by atoms with van der Waals surface area (Å²) in [4.78, 5) is 45.8. The molecule has 0 radical (unpaired) electrons. The van der Waals surface area contributed by atoms with Gasteiger partial charge in [0.2, 0.25) is 11.8 Å². The summed E-state index contributed by atoms with van der Waals surface area (Å²) in [6, 6.07) is 7.70. The van der Waals surface area contributed by atoms with Gasteiger partial charge in [-0.3, -0.25) is 9.59 Å². The molecule has 4 fully saturated rings. The summed E-state index contributed by atoms with van der Waals surface area (Å²) >= 11 is 0. The van der Waals surface area contributed by atoms with E-state index in [2.05, 4.69) is 15.5 Å². The molecule has 2 aromatic rings. The molecule has 3 unspecified atom stereocenters. The van der Waals surface area contributed by atoms with Gasteiger partial charge in [-0.25, -0.2) is 9.78 Å². The Hall–Kier alpha value is -3.27. The summed E-state index contributed by atoms with van der Waals surface area (Å²) in [5.74, 6) is 0.0129. The number of nitrogens with one attached hydrogen (secondary N) is 1. The molecule has 4 aliphatic rings. The number of aliphatic carboxylic acids is 1. The van der Waals surface area contributed by atoms with E-state index in [0.717, 1.165) is 43.9 Å². The van der Waals surface area contributed by atoms with E-state index in [1.165, 1.54) is 19.8 Å². The van der Waals surface area contributed by atoms with Gasteiger partial charge in [-0.05, 0) is 63.0 Å². The molecule has 1 aromatic heterocycles. The number of rotatable bonds is 6. The Balaban J connectivity index is 0.000000301. The molecule has 1 aromatic carbocycles. The number of aromatic nitrogens is 2. The topological polar surface area (TPSA) is 149 Å². The van der Waals surface area contributed by atoms with Crippen molar-refractivity contribution in [1.82, 2.24) is 14.9 Å². The van der Waals surface area contributed by atoms with Gasteiger partial charge in [-0.15, -0.1) is 0 Å². The van der Waals surface area contributed by atoms with Gasteiger partial charge in [0.15, 0.2) is 5.69 Å². The highest BCUT2D eigenvalue weighted by Gasteiger charge is 2.34. The number of benzene rings is 1. The fraction of sp³-hybridized carbons (Fsp3) is 0.633. The highest BCUT2D eigenvalue weighted by molar-refractivity contribution is 6.41. The van der Waals surface area contributed by atoms with Gasteiger partial charge in [0.25, 0.3) is 11.5 Å². The number of nitrogens with two attached hydrogens (primary N) is 1. The first-order valence-corrected chi connectivity index (χ1v) is 14.8. The lowest BCUT2D eigenvalue weighted by atomic mass is 9.72. The summed E-state index contributed by atoms with van der Waals surface area (Å²) in [5.41, 5.74) is 4.74. The van der Waals surface area contributed by atoms with Crippen LogP contribution in [0.3, 0.4) is 0 Å². The molecule has 1 amide bonds. The average molecular weight is 552 g/mol. The molecule has 3 heterocycles. The smallest absolute Gasteiger partial charge is 0.360 e. The highest BCUT2D eigenvalue weighted by Crippen LogP contribution is 2.39. The molecule has 216 valence electrons. The quantitative estimate of drug-likeness (QED) is 0.364. The van der Waals surface area contributed by atoms with Crippen LogP contribution in [-0.4, -0.2) is 50.4 Å². The van der Waals surface area contributed by atoms with Crippen LogP contribution in [0.25, 0.3) is 11.0 Å². The summed E-state index contributed by atoms with van der Waals surface area (Å²) in [5, 5.41) is 16.8. The minimum Gasteiger partial charge on any atom is -0.476 e. The van der Waals surface area contributed by atoms with Crippen LogP contribution in [-0.2, 0) is 14.4 Å². The van der Waals surface area contributed by atoms with E-state index in [1.54, 1.807) is 48.8 Å². The molecule has 6 rings (SSSR count). The fourth-order valence-electron chi connectivity index (χ4n) is 7.11. The molecule has 40 heavy (non-hydrogen) atoms. The van der Waals surface area contributed by atoms with Crippen LogP contribution in [0, 0.1) is 11.8 Å². The standard InChI is InChI=1S/C21H25N5O5.C9H16/c1-11(19(22)27)31-25-18(21(29)30)17-20(28)26(16-8-3-2-7-15(16)24-17)14-9-12-5-4-6-13(10-14)23-12;1-3-8-5-2-6-9(4-1)7-8/h2-3,7-8,11-14,23H,4-6,9-10H2,1H3,(H2,22,27)(H,29,30);8-9H,1-7H2/b25-18-;. The lowest BCUT2D eigenvalue weighted by molar-refractivity contribution is -0.131. The number of carbonyl (C=O) groups is 2. The van der Waals surface area contributed by atoms with Crippen LogP contribution >= 0.6 is 0 Å². The Labute approximate surface area is 234 Å². The molecule has 2 aliphatic heterocycles. The fourth-order valence-corrected chi connectivity index (χ4v) is 7.11. The Kier molecular flexibility index (Phi) is 8.83. The second-order valence-electron chi connectivity index (χ2n) is 12.0. The van der Waals surface area contributed by atoms with Crippen molar-refractivity contribution >= 4 is 28.6 Å². The molecule has 3 atom stereocenters. The van der Waals surface area contributed by atoms with Gasteiger partial charge in [-0.1, -0.05) is 62.2 Å². The van der Waals surface area contributed by atoms with Gasteiger partial charge < -0.3 is 25.6 Å². The number of para-hydroxylation sites is 2. The Morgan fingerprint density at radius 1 is 1.02 bits per heavy atom. The predicted molar refractivity (Wildman–Crippen MR) is 152 cm³/mol. The number of piperidine rings is 2. The number of hydrogen-bond donors (Lipinski definition) is 3. The van der Waals surface area contributed by atoms with E-state index in [-0.39, 0.29) is 11.7 Å². The molecular weight excluding hydrogens is 510 g/mol. The van der Waals surface area contributed by atoms with Crippen molar-refractivity contribution in [3.8, 4) is 0 Å². The maximum absolute atomic E-state index is 13.5. The molecule has 2 aliphatic carbocycles. The minimum atomic E-state index is -1.48. The van der Waals surface area contributed by atoms with Crippen molar-refractivity contribution in [2.75, 3.05) is 0 Å². The van der Waals surface area contributed by atoms with E-state index >= 15 is 0 Å². The molecule has 2 saturated carbocycles. The van der Waals surface area contributed by atoms with Crippen LogP contribution in [0.2, 0.25) is 0 Å². The zero-order valence-corrected chi connectivity index (χ0v) is 23.3. The van der Waals surface area contributed by atoms with E-state index in [0.29, 0.717) is 23.1 Å². The van der Waals surface area contributed by atoms with Gasteiger partial charge in [0.05, 0.1) is 11.0 Å². The van der Waals surface area contributed by atoms with Gasteiger partial charge in [0, 0.05) is 18.1 Å². The van der Waals surface area contributed by atoms with Gasteiger partial charge in [0.1, 0.15) is 0 Å². The average Bonchev–Trinajstić information content (AvgIpc) is 2.93. The van der Waals surface area contributed by atoms with Crippen molar-refractivity contribution in [1.29, 1.82) is 0 Å². The maximum atomic E-state index is 13.5. The Morgan fingerprint density at radius 3 is 2.20 bits per heavy atom. The monoisotopic (exact) mass is 551 g/mol. The third kappa shape index (κ3) is 6.37. The molecule has 4 bridgehead atoms. The largest absolute Gasteiger partial charge is 0.476 e.